The Balaban J connectivity index is 2.68. The van der Waals surface area contributed by atoms with Crippen molar-refractivity contribution in [3.8, 4) is 5.75 Å². The summed E-state index contributed by atoms with van der Waals surface area (Å²) in [5.41, 5.74) is 0. The highest BCUT2D eigenvalue weighted by molar-refractivity contribution is 14.1. The van der Waals surface area contributed by atoms with Gasteiger partial charge in [-0.25, -0.2) is 0 Å². The van der Waals surface area contributed by atoms with E-state index >= 15 is 0 Å². The first-order valence-electron chi connectivity index (χ1n) is 4.22. The molecule has 1 nitrogen and oxygen atoms in total. The first-order valence-corrected chi connectivity index (χ1v) is 6.97. The van der Waals surface area contributed by atoms with Crippen molar-refractivity contribution in [3.63, 3.8) is 0 Å². The van der Waals surface area contributed by atoms with Crippen LogP contribution in [0.15, 0.2) is 22.0 Å². The summed E-state index contributed by atoms with van der Waals surface area (Å²) in [6.07, 6.45) is 0. The van der Waals surface area contributed by atoms with Gasteiger partial charge in [0, 0.05) is 9.86 Å². The van der Waals surface area contributed by atoms with E-state index in [2.05, 4.69) is 50.0 Å². The summed E-state index contributed by atoms with van der Waals surface area (Å²) < 4.78 is 9.17. The monoisotopic (exact) mass is 382 g/mol. The maximum Gasteiger partial charge on any atom is 0.135 e. The zero-order valence-electron chi connectivity index (χ0n) is 7.51. The summed E-state index contributed by atoms with van der Waals surface area (Å²) in [7, 11) is 0. The fraction of sp³-hybridized carbons (Fsp3) is 0.200. The van der Waals surface area contributed by atoms with E-state index in [1.807, 2.05) is 13.0 Å². The molecule has 0 aliphatic heterocycles. The van der Waals surface area contributed by atoms with Gasteiger partial charge in [-0.3, -0.25) is 0 Å². The van der Waals surface area contributed by atoms with Gasteiger partial charge in [0.15, 0.2) is 0 Å². The largest absolute Gasteiger partial charge is 0.493 e. The van der Waals surface area contributed by atoms with Crippen molar-refractivity contribution in [1.82, 2.24) is 0 Å². The number of halogens is 2. The van der Waals surface area contributed by atoms with Gasteiger partial charge < -0.3 is 4.74 Å². The van der Waals surface area contributed by atoms with Gasteiger partial charge in [-0.2, -0.15) is 0 Å². The molecular weight excluding hydrogens is 375 g/mol. The molecule has 1 heterocycles. The number of fused-ring (bicyclic) bond motifs is 1. The van der Waals surface area contributed by atoms with E-state index in [9.17, 15) is 0 Å². The van der Waals surface area contributed by atoms with E-state index < -0.39 is 0 Å². The maximum atomic E-state index is 5.56. The number of ether oxygens (including phenoxy) is 1. The quantitative estimate of drug-likeness (QED) is 0.686. The number of hydrogen-bond donors (Lipinski definition) is 0. The smallest absolute Gasteiger partial charge is 0.135 e. The Kier molecular flexibility index (Phi) is 3.34. The lowest BCUT2D eigenvalue weighted by atomic mass is 10.2. The molecule has 1 aromatic carbocycles. The van der Waals surface area contributed by atoms with Crippen LogP contribution in [0.25, 0.3) is 10.1 Å². The molecule has 0 unspecified atom stereocenters. The topological polar surface area (TPSA) is 9.23 Å². The van der Waals surface area contributed by atoms with E-state index in [0.29, 0.717) is 6.61 Å². The third-order valence-corrected chi connectivity index (χ3v) is 4.92. The Morgan fingerprint density at radius 3 is 3.07 bits per heavy atom. The predicted octanol–water partition coefficient (Wildman–Crippen LogP) is 4.67. The van der Waals surface area contributed by atoms with Gasteiger partial charge in [0.05, 0.1) is 14.9 Å². The molecule has 0 bridgehead atoms. The third kappa shape index (κ3) is 1.79. The SMILES string of the molecule is CCOc1cc(Br)c2ccsc2c1I. The Morgan fingerprint density at radius 1 is 1.57 bits per heavy atom. The molecule has 4 heteroatoms. The fourth-order valence-corrected chi connectivity index (χ4v) is 3.80. The fourth-order valence-electron chi connectivity index (χ4n) is 1.30. The first kappa shape index (κ1) is 10.7. The van der Waals surface area contributed by atoms with Crippen LogP contribution in [0.2, 0.25) is 0 Å². The van der Waals surface area contributed by atoms with Gasteiger partial charge in [-0.15, -0.1) is 11.3 Å². The molecule has 14 heavy (non-hydrogen) atoms. The van der Waals surface area contributed by atoms with E-state index in [4.69, 9.17) is 4.74 Å². The number of rotatable bonds is 2. The summed E-state index contributed by atoms with van der Waals surface area (Å²) in [6.45, 7) is 2.71. The summed E-state index contributed by atoms with van der Waals surface area (Å²) in [5, 5.41) is 3.37. The van der Waals surface area contributed by atoms with Crippen LogP contribution in [0.4, 0.5) is 0 Å². The van der Waals surface area contributed by atoms with Crippen LogP contribution in [0.1, 0.15) is 6.92 Å². The summed E-state index contributed by atoms with van der Waals surface area (Å²) in [6, 6.07) is 4.17. The minimum absolute atomic E-state index is 0.708. The Morgan fingerprint density at radius 2 is 2.36 bits per heavy atom. The average molecular weight is 383 g/mol. The molecule has 0 aliphatic carbocycles. The Labute approximate surface area is 109 Å². The molecule has 0 saturated carbocycles. The maximum absolute atomic E-state index is 5.56. The molecule has 0 spiro atoms. The summed E-state index contributed by atoms with van der Waals surface area (Å²) >= 11 is 7.64. The highest BCUT2D eigenvalue weighted by Gasteiger charge is 2.10. The second kappa shape index (κ2) is 4.37. The predicted molar refractivity (Wildman–Crippen MR) is 73.4 cm³/mol. The average Bonchev–Trinajstić information content (AvgIpc) is 2.63. The molecule has 0 amide bonds. The number of benzene rings is 1. The molecule has 0 aliphatic rings. The molecule has 2 aromatic rings. The number of hydrogen-bond acceptors (Lipinski definition) is 2. The van der Waals surface area contributed by atoms with E-state index in [1.54, 1.807) is 11.3 Å². The molecular formula is C10H8BrIOS. The molecule has 1 aromatic heterocycles. The van der Waals surface area contributed by atoms with Gasteiger partial charge in [-0.1, -0.05) is 0 Å². The van der Waals surface area contributed by atoms with Crippen molar-refractivity contribution in [1.29, 1.82) is 0 Å². The van der Waals surface area contributed by atoms with Crippen molar-refractivity contribution >= 4 is 59.9 Å². The first-order chi connectivity index (χ1) is 6.74. The van der Waals surface area contributed by atoms with E-state index in [0.717, 1.165) is 10.2 Å². The molecule has 0 fully saturated rings. The highest BCUT2D eigenvalue weighted by Crippen LogP contribution is 2.38. The third-order valence-electron chi connectivity index (χ3n) is 1.90. The summed E-state index contributed by atoms with van der Waals surface area (Å²) in [5.74, 6) is 0.968. The standard InChI is InChI=1S/C10H8BrIOS/c1-2-13-8-5-7(11)6-3-4-14-10(6)9(8)12/h3-5H,2H2,1H3. The van der Waals surface area contributed by atoms with Gasteiger partial charge in [0.25, 0.3) is 0 Å². The van der Waals surface area contributed by atoms with Crippen LogP contribution in [0.3, 0.4) is 0 Å². The van der Waals surface area contributed by atoms with Crippen LogP contribution in [-0.4, -0.2) is 6.61 Å². The van der Waals surface area contributed by atoms with Crippen molar-refractivity contribution in [3.05, 3.63) is 25.6 Å². The molecule has 74 valence electrons. The van der Waals surface area contributed by atoms with Crippen molar-refractivity contribution < 1.29 is 4.74 Å². The van der Waals surface area contributed by atoms with Gasteiger partial charge >= 0.3 is 0 Å². The van der Waals surface area contributed by atoms with Crippen molar-refractivity contribution in [2.24, 2.45) is 0 Å². The Hall–Kier alpha value is 0.190. The van der Waals surface area contributed by atoms with Crippen LogP contribution in [0, 0.1) is 3.57 Å². The minimum atomic E-state index is 0.708. The lowest BCUT2D eigenvalue weighted by Gasteiger charge is -2.07. The van der Waals surface area contributed by atoms with Gasteiger partial charge in [0.1, 0.15) is 5.75 Å². The van der Waals surface area contributed by atoms with Crippen LogP contribution < -0.4 is 4.74 Å². The van der Waals surface area contributed by atoms with Gasteiger partial charge in [0.2, 0.25) is 0 Å². The van der Waals surface area contributed by atoms with Crippen LogP contribution in [-0.2, 0) is 0 Å². The van der Waals surface area contributed by atoms with Crippen molar-refractivity contribution in [2.45, 2.75) is 6.92 Å². The highest BCUT2D eigenvalue weighted by atomic mass is 127. The molecule has 0 radical (unpaired) electrons. The molecule has 0 atom stereocenters. The molecule has 0 N–H and O–H groups in total. The van der Waals surface area contributed by atoms with Crippen LogP contribution >= 0.6 is 49.9 Å². The zero-order valence-corrected chi connectivity index (χ0v) is 12.1. The van der Waals surface area contributed by atoms with Crippen molar-refractivity contribution in [2.75, 3.05) is 6.61 Å². The van der Waals surface area contributed by atoms with Gasteiger partial charge in [-0.05, 0) is 63.0 Å². The van der Waals surface area contributed by atoms with E-state index in [1.165, 1.54) is 13.7 Å². The second-order valence-corrected chi connectivity index (χ2v) is 5.62. The zero-order chi connectivity index (χ0) is 10.1. The lowest BCUT2D eigenvalue weighted by molar-refractivity contribution is 0.338. The molecule has 0 saturated heterocycles. The van der Waals surface area contributed by atoms with Crippen LogP contribution in [0.5, 0.6) is 5.75 Å². The normalized spacial score (nSPS) is 10.8. The van der Waals surface area contributed by atoms with E-state index in [-0.39, 0.29) is 0 Å². The number of thiophene rings is 1. The molecule has 2 rings (SSSR count). The minimum Gasteiger partial charge on any atom is -0.493 e. The Bertz CT molecular complexity index is 466. The second-order valence-electron chi connectivity index (χ2n) is 2.77. The summed E-state index contributed by atoms with van der Waals surface area (Å²) in [4.78, 5) is 0. The lowest BCUT2D eigenvalue weighted by Crippen LogP contribution is -1.93.